The van der Waals surface area contributed by atoms with Crippen molar-refractivity contribution >= 4 is 19.4 Å². The molecule has 134 valence electrons. The molecule has 0 fully saturated rings. The van der Waals surface area contributed by atoms with Crippen LogP contribution < -0.4 is 9.61 Å². The van der Waals surface area contributed by atoms with Gasteiger partial charge in [-0.3, -0.25) is 19.4 Å². The molecule has 10 heteroatoms. The number of carbonyl (C=O) groups excluding carboxylic acids is 1. The summed E-state index contributed by atoms with van der Waals surface area (Å²) in [5, 5.41) is 13.2. The number of ether oxygens (including phenoxy) is 1. The molecular formula is C14H21N2O7P. The number of nitro benzene ring substituents is 1. The Hall–Kier alpha value is -1.96. The highest BCUT2D eigenvalue weighted by Gasteiger charge is 2.40. The zero-order valence-corrected chi connectivity index (χ0v) is 14.9. The van der Waals surface area contributed by atoms with Gasteiger partial charge in [0.15, 0.2) is 0 Å². The lowest BCUT2D eigenvalue weighted by molar-refractivity contribution is -0.384. The predicted molar refractivity (Wildman–Crippen MR) is 86.8 cm³/mol. The van der Waals surface area contributed by atoms with Crippen molar-refractivity contribution < 1.29 is 28.1 Å². The molecule has 24 heavy (non-hydrogen) atoms. The molecule has 1 rings (SSSR count). The maximum atomic E-state index is 12.8. The third kappa shape index (κ3) is 5.59. The zero-order valence-electron chi connectivity index (χ0n) is 14.0. The van der Waals surface area contributed by atoms with Gasteiger partial charge < -0.3 is 9.26 Å². The van der Waals surface area contributed by atoms with Crippen molar-refractivity contribution in [2.45, 2.75) is 33.2 Å². The van der Waals surface area contributed by atoms with E-state index >= 15 is 0 Å². The highest BCUT2D eigenvalue weighted by atomic mass is 31.2. The van der Waals surface area contributed by atoms with Gasteiger partial charge in [0, 0.05) is 12.1 Å². The maximum absolute atomic E-state index is 12.8. The molecule has 0 aliphatic carbocycles. The average Bonchev–Trinajstić information content (AvgIpc) is 2.47. The molecular weight excluding hydrogens is 339 g/mol. The molecule has 0 radical (unpaired) electrons. The van der Waals surface area contributed by atoms with Gasteiger partial charge >= 0.3 is 13.7 Å². The number of esters is 1. The van der Waals surface area contributed by atoms with Crippen molar-refractivity contribution in [1.82, 2.24) is 5.09 Å². The minimum atomic E-state index is -3.90. The minimum absolute atomic E-state index is 0.0656. The summed E-state index contributed by atoms with van der Waals surface area (Å²) >= 11 is 0. The van der Waals surface area contributed by atoms with Crippen LogP contribution >= 0.6 is 7.75 Å². The lowest BCUT2D eigenvalue weighted by Crippen LogP contribution is -2.47. The van der Waals surface area contributed by atoms with Gasteiger partial charge in [-0.1, -0.05) is 0 Å². The molecule has 0 aromatic heterocycles. The van der Waals surface area contributed by atoms with E-state index in [1.165, 1.54) is 38.1 Å². The van der Waals surface area contributed by atoms with Crippen LogP contribution in [-0.4, -0.2) is 29.6 Å². The fourth-order valence-corrected chi connectivity index (χ4v) is 3.40. The number of hydrogen-bond acceptors (Lipinski definition) is 7. The standard InChI is InChI=1S/C14H21N2O7P/c1-5-21-13(17)14(3,4)15-24(20,22-6-2)23-12-9-7-11(8-10-12)16(18)19/h7-10H,5-6H2,1-4H3,(H,15,20). The third-order valence-corrected chi connectivity index (χ3v) is 4.66. The van der Waals surface area contributed by atoms with Crippen LogP contribution in [0, 0.1) is 10.1 Å². The van der Waals surface area contributed by atoms with E-state index in [9.17, 15) is 19.5 Å². The van der Waals surface area contributed by atoms with Crippen LogP contribution in [0.1, 0.15) is 27.7 Å². The summed E-state index contributed by atoms with van der Waals surface area (Å²) in [5.41, 5.74) is -1.45. The smallest absolute Gasteiger partial charge is 0.459 e. The fourth-order valence-electron chi connectivity index (χ4n) is 1.72. The molecule has 0 saturated carbocycles. The van der Waals surface area contributed by atoms with Crippen LogP contribution in [0.3, 0.4) is 0 Å². The first-order chi connectivity index (χ1) is 11.1. The highest BCUT2D eigenvalue weighted by Crippen LogP contribution is 2.46. The maximum Gasteiger partial charge on any atom is 0.459 e. The van der Waals surface area contributed by atoms with Crippen molar-refractivity contribution in [3.8, 4) is 5.75 Å². The number of benzene rings is 1. The van der Waals surface area contributed by atoms with Crippen molar-refractivity contribution in [2.24, 2.45) is 0 Å². The van der Waals surface area contributed by atoms with Crippen molar-refractivity contribution in [1.29, 1.82) is 0 Å². The Morgan fingerprint density at radius 1 is 1.25 bits per heavy atom. The van der Waals surface area contributed by atoms with Gasteiger partial charge in [0.25, 0.3) is 5.69 Å². The van der Waals surface area contributed by atoms with Gasteiger partial charge in [-0.05, 0) is 39.8 Å². The second kappa shape index (κ2) is 8.23. The lowest BCUT2D eigenvalue weighted by atomic mass is 10.1. The Morgan fingerprint density at radius 3 is 2.29 bits per heavy atom. The lowest BCUT2D eigenvalue weighted by Gasteiger charge is -2.28. The number of nitrogens with one attached hydrogen (secondary N) is 1. The molecule has 0 amide bonds. The number of nitrogens with zero attached hydrogens (tertiary/aromatic N) is 1. The SMILES string of the molecule is CCOC(=O)C(C)(C)NP(=O)(OCC)Oc1ccc([N+](=O)[O-])cc1. The summed E-state index contributed by atoms with van der Waals surface area (Å²) in [7, 11) is -3.90. The molecule has 0 aliphatic rings. The zero-order chi connectivity index (χ0) is 18.4. The summed E-state index contributed by atoms with van der Waals surface area (Å²) in [6.45, 7) is 6.47. The summed E-state index contributed by atoms with van der Waals surface area (Å²) in [6.07, 6.45) is 0. The highest BCUT2D eigenvalue weighted by molar-refractivity contribution is 7.52. The molecule has 0 heterocycles. The van der Waals surface area contributed by atoms with Gasteiger partial charge in [0.2, 0.25) is 0 Å². The van der Waals surface area contributed by atoms with Crippen molar-refractivity contribution in [3.05, 3.63) is 34.4 Å². The van der Waals surface area contributed by atoms with Crippen LogP contribution in [0.2, 0.25) is 0 Å². The quantitative estimate of drug-likeness (QED) is 0.309. The van der Waals surface area contributed by atoms with Crippen LogP contribution in [0.25, 0.3) is 0 Å². The molecule has 1 aromatic carbocycles. The van der Waals surface area contributed by atoms with Gasteiger partial charge in [0.1, 0.15) is 11.3 Å². The molecule has 9 nitrogen and oxygen atoms in total. The predicted octanol–water partition coefficient (Wildman–Crippen LogP) is 3.05. The molecule has 0 aliphatic heterocycles. The number of nitro groups is 1. The van der Waals surface area contributed by atoms with E-state index in [1.54, 1.807) is 13.8 Å². The normalized spacial score (nSPS) is 13.8. The second-order valence-corrected chi connectivity index (χ2v) is 6.87. The first kappa shape index (κ1) is 20.1. The Kier molecular flexibility index (Phi) is 6.89. The summed E-state index contributed by atoms with van der Waals surface area (Å²) in [5.74, 6) is -0.512. The monoisotopic (exact) mass is 360 g/mol. The number of rotatable bonds is 9. The van der Waals surface area contributed by atoms with E-state index in [-0.39, 0.29) is 24.7 Å². The number of carbonyl (C=O) groups is 1. The van der Waals surface area contributed by atoms with Crippen LogP contribution in [0.5, 0.6) is 5.75 Å². The van der Waals surface area contributed by atoms with E-state index in [0.29, 0.717) is 0 Å². The summed E-state index contributed by atoms with van der Waals surface area (Å²) in [4.78, 5) is 22.0. The van der Waals surface area contributed by atoms with E-state index < -0.39 is 24.2 Å². The molecule has 1 atom stereocenters. The average molecular weight is 360 g/mol. The van der Waals surface area contributed by atoms with Gasteiger partial charge in [-0.25, -0.2) is 4.57 Å². The summed E-state index contributed by atoms with van der Waals surface area (Å²) in [6, 6.07) is 5.01. The number of non-ortho nitro benzene ring substituents is 1. The van der Waals surface area contributed by atoms with Crippen molar-refractivity contribution in [3.63, 3.8) is 0 Å². The Morgan fingerprint density at radius 2 is 1.83 bits per heavy atom. The second-order valence-electron chi connectivity index (χ2n) is 5.21. The van der Waals surface area contributed by atoms with E-state index in [0.717, 1.165) is 0 Å². The topological polar surface area (TPSA) is 117 Å². The first-order valence-corrected chi connectivity index (χ1v) is 8.83. The molecule has 0 spiro atoms. The van der Waals surface area contributed by atoms with Crippen LogP contribution in [0.4, 0.5) is 5.69 Å². The third-order valence-electron chi connectivity index (χ3n) is 2.77. The van der Waals surface area contributed by atoms with E-state index in [4.69, 9.17) is 13.8 Å². The van der Waals surface area contributed by atoms with E-state index in [2.05, 4.69) is 5.09 Å². The van der Waals surface area contributed by atoms with Crippen molar-refractivity contribution in [2.75, 3.05) is 13.2 Å². The molecule has 1 unspecified atom stereocenters. The molecule has 0 bridgehead atoms. The van der Waals surface area contributed by atoms with Gasteiger partial charge in [-0.2, -0.15) is 5.09 Å². The first-order valence-electron chi connectivity index (χ1n) is 7.29. The Balaban J connectivity index is 2.96. The number of hydrogen-bond donors (Lipinski definition) is 1. The molecule has 1 aromatic rings. The Labute approximate surface area is 140 Å². The molecule has 0 saturated heterocycles. The van der Waals surface area contributed by atoms with Gasteiger partial charge in [-0.15, -0.1) is 0 Å². The van der Waals surface area contributed by atoms with E-state index in [1.807, 2.05) is 0 Å². The fraction of sp³-hybridized carbons (Fsp3) is 0.500. The Bertz CT molecular complexity index is 631. The van der Waals surface area contributed by atoms with Crippen LogP contribution in [-0.2, 0) is 18.6 Å². The minimum Gasteiger partial charge on any atom is -0.465 e. The largest absolute Gasteiger partial charge is 0.465 e. The molecule has 1 N–H and O–H groups in total. The van der Waals surface area contributed by atoms with Gasteiger partial charge in [0.05, 0.1) is 18.1 Å². The van der Waals surface area contributed by atoms with Crippen LogP contribution in [0.15, 0.2) is 24.3 Å². The summed E-state index contributed by atoms with van der Waals surface area (Å²) < 4.78 is 28.2.